The number of hydrogen-bond donors (Lipinski definition) is 3. The molecule has 0 saturated heterocycles. The van der Waals surface area contributed by atoms with Gasteiger partial charge in [0, 0.05) is 23.6 Å². The van der Waals surface area contributed by atoms with Crippen molar-refractivity contribution in [2.24, 2.45) is 16.7 Å². The normalized spacial score (nSPS) is 34.7. The van der Waals surface area contributed by atoms with Crippen LogP contribution in [0.1, 0.15) is 65.5 Å². The van der Waals surface area contributed by atoms with Crippen LogP contribution in [0.25, 0.3) is 0 Å². The molecule has 4 atom stereocenters. The van der Waals surface area contributed by atoms with Crippen LogP contribution < -0.4 is 5.32 Å². The van der Waals surface area contributed by atoms with Crippen LogP contribution in [0.4, 0.5) is 0 Å². The lowest BCUT2D eigenvalue weighted by Gasteiger charge is -2.37. The molecule has 0 radical (unpaired) electrons. The molecule has 4 unspecified atom stereocenters. The predicted molar refractivity (Wildman–Crippen MR) is 98.1 cm³/mol. The number of aliphatic hydroxyl groups is 1. The molecular formula is C21H33NO2. The van der Waals surface area contributed by atoms with Crippen molar-refractivity contribution in [3.05, 3.63) is 29.3 Å². The third-order valence-electron chi connectivity index (χ3n) is 7.26. The fourth-order valence-corrected chi connectivity index (χ4v) is 5.16. The summed E-state index contributed by atoms with van der Waals surface area (Å²) in [6, 6.07) is 6.09. The highest BCUT2D eigenvalue weighted by Crippen LogP contribution is 2.65. The lowest BCUT2D eigenvalue weighted by molar-refractivity contribution is -0.000207. The molecule has 3 rings (SSSR count). The second kappa shape index (κ2) is 5.47. The van der Waals surface area contributed by atoms with E-state index in [2.05, 4.69) is 46.9 Å². The predicted octanol–water partition coefficient (Wildman–Crippen LogP) is 3.96. The summed E-state index contributed by atoms with van der Waals surface area (Å²) in [6.07, 6.45) is 1.96. The molecule has 0 amide bonds. The van der Waals surface area contributed by atoms with Crippen molar-refractivity contribution in [1.82, 2.24) is 5.32 Å². The number of aliphatic hydroxyl groups excluding tert-OH is 1. The number of nitrogens with one attached hydrogen (secondary N) is 1. The average Bonchev–Trinajstić information content (AvgIpc) is 2.78. The van der Waals surface area contributed by atoms with Crippen molar-refractivity contribution in [2.45, 2.75) is 78.5 Å². The van der Waals surface area contributed by atoms with Crippen LogP contribution in [-0.2, 0) is 12.0 Å². The number of rotatable bonds is 3. The van der Waals surface area contributed by atoms with Crippen molar-refractivity contribution in [2.75, 3.05) is 0 Å². The number of para-hydroxylation sites is 1. The van der Waals surface area contributed by atoms with Gasteiger partial charge in [0.15, 0.2) is 0 Å². The monoisotopic (exact) mass is 331 g/mol. The van der Waals surface area contributed by atoms with E-state index in [1.165, 1.54) is 6.42 Å². The molecule has 0 heterocycles. The fourth-order valence-electron chi connectivity index (χ4n) is 5.16. The third-order valence-corrected chi connectivity index (χ3v) is 7.26. The van der Waals surface area contributed by atoms with E-state index in [0.717, 1.165) is 17.5 Å². The Morgan fingerprint density at radius 2 is 1.88 bits per heavy atom. The molecule has 1 aromatic rings. The van der Waals surface area contributed by atoms with E-state index in [4.69, 9.17) is 0 Å². The quantitative estimate of drug-likeness (QED) is 0.785. The first-order chi connectivity index (χ1) is 11.0. The first-order valence-corrected chi connectivity index (χ1v) is 9.23. The Morgan fingerprint density at radius 1 is 1.21 bits per heavy atom. The van der Waals surface area contributed by atoms with E-state index in [1.807, 2.05) is 18.2 Å². The molecule has 3 heteroatoms. The minimum atomic E-state index is -0.320. The van der Waals surface area contributed by atoms with Crippen molar-refractivity contribution < 1.29 is 10.2 Å². The topological polar surface area (TPSA) is 52.5 Å². The van der Waals surface area contributed by atoms with Crippen molar-refractivity contribution >= 4 is 0 Å². The Balaban J connectivity index is 1.79. The van der Waals surface area contributed by atoms with Gasteiger partial charge in [-0.3, -0.25) is 0 Å². The van der Waals surface area contributed by atoms with E-state index >= 15 is 0 Å². The molecule has 2 aliphatic rings. The fraction of sp³-hybridized carbons (Fsp3) is 0.714. The highest BCUT2D eigenvalue weighted by Gasteiger charge is 2.65. The van der Waals surface area contributed by atoms with Gasteiger partial charge in [0.25, 0.3) is 0 Å². The number of benzene rings is 1. The van der Waals surface area contributed by atoms with E-state index < -0.39 is 0 Å². The maximum Gasteiger partial charge on any atom is 0.123 e. The second-order valence-corrected chi connectivity index (χ2v) is 9.70. The number of aromatic hydroxyl groups is 1. The van der Waals surface area contributed by atoms with Gasteiger partial charge in [-0.05, 0) is 35.2 Å². The highest BCUT2D eigenvalue weighted by atomic mass is 16.3. The Labute approximate surface area is 146 Å². The van der Waals surface area contributed by atoms with E-state index in [9.17, 15) is 10.2 Å². The van der Waals surface area contributed by atoms with Crippen LogP contribution in [-0.4, -0.2) is 22.4 Å². The zero-order valence-electron chi connectivity index (χ0n) is 16.0. The minimum Gasteiger partial charge on any atom is -0.507 e. The summed E-state index contributed by atoms with van der Waals surface area (Å²) in [5, 5.41) is 25.1. The molecule has 2 aliphatic carbocycles. The average molecular weight is 332 g/mol. The summed E-state index contributed by atoms with van der Waals surface area (Å²) in [6.45, 7) is 13.8. The summed E-state index contributed by atoms with van der Waals surface area (Å²) in [5.41, 5.74) is 1.95. The largest absolute Gasteiger partial charge is 0.507 e. The van der Waals surface area contributed by atoms with Gasteiger partial charge in [-0.1, -0.05) is 59.7 Å². The molecule has 134 valence electrons. The SMILES string of the molecule is CC(C)(C)c1cccc(CNC2C3CCC(C)(C2O)C3(C)C)c1O. The number of fused-ring (bicyclic) bond motifs is 2. The third kappa shape index (κ3) is 2.40. The molecule has 3 nitrogen and oxygen atoms in total. The smallest absolute Gasteiger partial charge is 0.123 e. The molecule has 0 spiro atoms. The summed E-state index contributed by atoms with van der Waals surface area (Å²) in [4.78, 5) is 0. The molecule has 0 aromatic heterocycles. The van der Waals surface area contributed by atoms with Crippen LogP contribution >= 0.6 is 0 Å². The number of phenolic OH excluding ortho intramolecular Hbond substituents is 1. The molecular weight excluding hydrogens is 298 g/mol. The number of hydrogen-bond acceptors (Lipinski definition) is 3. The molecule has 0 aliphatic heterocycles. The lowest BCUT2D eigenvalue weighted by Crippen LogP contribution is -2.46. The molecule has 3 N–H and O–H groups in total. The van der Waals surface area contributed by atoms with Crippen LogP contribution in [0, 0.1) is 16.7 Å². The first kappa shape index (κ1) is 17.8. The van der Waals surface area contributed by atoms with E-state index in [1.54, 1.807) is 0 Å². The van der Waals surface area contributed by atoms with Gasteiger partial charge in [0.05, 0.1) is 6.10 Å². The van der Waals surface area contributed by atoms with Gasteiger partial charge >= 0.3 is 0 Å². The maximum absolute atomic E-state index is 10.9. The Kier molecular flexibility index (Phi) is 4.05. The van der Waals surface area contributed by atoms with Crippen molar-refractivity contribution in [3.63, 3.8) is 0 Å². The summed E-state index contributed by atoms with van der Waals surface area (Å²) in [5.74, 6) is 0.881. The Bertz CT molecular complexity index is 631. The Morgan fingerprint density at radius 3 is 2.42 bits per heavy atom. The van der Waals surface area contributed by atoms with Gasteiger partial charge in [-0.15, -0.1) is 0 Å². The van der Waals surface area contributed by atoms with Crippen LogP contribution in [0.5, 0.6) is 5.75 Å². The van der Waals surface area contributed by atoms with Crippen molar-refractivity contribution in [1.29, 1.82) is 0 Å². The van der Waals surface area contributed by atoms with E-state index in [-0.39, 0.29) is 28.4 Å². The standard InChI is InChI=1S/C21H33NO2/c1-19(2,3)15-9-7-8-13(17(15)23)12-22-16-14-10-11-21(6,18(16)24)20(14,4)5/h7-9,14,16,18,22-24H,10-12H2,1-6H3. The lowest BCUT2D eigenvalue weighted by atomic mass is 9.70. The highest BCUT2D eigenvalue weighted by molar-refractivity contribution is 5.44. The molecule has 2 bridgehead atoms. The molecule has 24 heavy (non-hydrogen) atoms. The van der Waals surface area contributed by atoms with Crippen molar-refractivity contribution in [3.8, 4) is 5.75 Å². The first-order valence-electron chi connectivity index (χ1n) is 9.23. The minimum absolute atomic E-state index is 0.00929. The summed E-state index contributed by atoms with van der Waals surface area (Å²) in [7, 11) is 0. The van der Waals surface area contributed by atoms with Gasteiger partial charge in [0.1, 0.15) is 5.75 Å². The molecule has 1 aromatic carbocycles. The molecule has 2 saturated carbocycles. The summed E-state index contributed by atoms with van der Waals surface area (Å²) >= 11 is 0. The van der Waals surface area contributed by atoms with Crippen LogP contribution in [0.15, 0.2) is 18.2 Å². The Hall–Kier alpha value is -1.06. The zero-order chi connectivity index (χ0) is 17.9. The zero-order valence-corrected chi connectivity index (χ0v) is 16.0. The van der Waals surface area contributed by atoms with Gasteiger partial charge in [-0.2, -0.15) is 0 Å². The molecule has 2 fully saturated rings. The maximum atomic E-state index is 10.9. The second-order valence-electron chi connectivity index (χ2n) is 9.70. The van der Waals surface area contributed by atoms with Gasteiger partial charge in [-0.25, -0.2) is 0 Å². The number of phenols is 1. The van der Waals surface area contributed by atoms with Gasteiger partial charge in [0.2, 0.25) is 0 Å². The van der Waals surface area contributed by atoms with Gasteiger partial charge < -0.3 is 15.5 Å². The van der Waals surface area contributed by atoms with Crippen LogP contribution in [0.2, 0.25) is 0 Å². The summed E-state index contributed by atoms with van der Waals surface area (Å²) < 4.78 is 0. The van der Waals surface area contributed by atoms with E-state index in [0.29, 0.717) is 18.2 Å². The van der Waals surface area contributed by atoms with Crippen LogP contribution in [0.3, 0.4) is 0 Å².